The molecule has 3 aromatic rings. The molecule has 0 aliphatic rings. The van der Waals surface area contributed by atoms with Crippen LogP contribution in [0.25, 0.3) is 22.3 Å². The first-order valence-electron chi connectivity index (χ1n) is 6.21. The second kappa shape index (κ2) is 5.92. The van der Waals surface area contributed by atoms with Gasteiger partial charge in [0.2, 0.25) is 0 Å². The van der Waals surface area contributed by atoms with E-state index < -0.39 is 0 Å². The molecule has 0 bridgehead atoms. The van der Waals surface area contributed by atoms with Crippen molar-refractivity contribution in [2.75, 3.05) is 0 Å². The normalized spacial score (nSPS) is 9.67. The fourth-order valence-corrected chi connectivity index (χ4v) is 1.71. The van der Waals surface area contributed by atoms with Crippen molar-refractivity contribution in [1.82, 2.24) is 9.97 Å². The Labute approximate surface area is 107 Å². The van der Waals surface area contributed by atoms with Gasteiger partial charge in [0.05, 0.1) is 22.9 Å². The van der Waals surface area contributed by atoms with Gasteiger partial charge in [-0.05, 0) is 12.1 Å². The predicted octanol–water partition coefficient (Wildman–Crippen LogP) is 4.32. The van der Waals surface area contributed by atoms with Gasteiger partial charge in [-0.1, -0.05) is 56.3 Å². The van der Waals surface area contributed by atoms with Crippen molar-refractivity contribution in [3.63, 3.8) is 0 Å². The van der Waals surface area contributed by atoms with E-state index in [0.29, 0.717) is 0 Å². The van der Waals surface area contributed by atoms with Gasteiger partial charge in [0.25, 0.3) is 0 Å². The van der Waals surface area contributed by atoms with Gasteiger partial charge < -0.3 is 0 Å². The average Bonchev–Trinajstić information content (AvgIpc) is 2.50. The molecule has 3 rings (SSSR count). The molecule has 0 aliphatic heterocycles. The van der Waals surface area contributed by atoms with Crippen LogP contribution in [0.1, 0.15) is 13.8 Å². The highest BCUT2D eigenvalue weighted by Crippen LogP contribution is 2.18. The van der Waals surface area contributed by atoms with Crippen LogP contribution in [-0.4, -0.2) is 9.97 Å². The minimum atomic E-state index is 0.916. The van der Waals surface area contributed by atoms with Crippen molar-refractivity contribution in [1.29, 1.82) is 0 Å². The zero-order valence-corrected chi connectivity index (χ0v) is 10.7. The van der Waals surface area contributed by atoms with Crippen molar-refractivity contribution < 1.29 is 0 Å². The highest BCUT2D eigenvalue weighted by Gasteiger charge is 2.00. The molecule has 0 radical (unpaired) electrons. The quantitative estimate of drug-likeness (QED) is 0.628. The van der Waals surface area contributed by atoms with Crippen LogP contribution in [0.2, 0.25) is 0 Å². The lowest BCUT2D eigenvalue weighted by Gasteiger charge is -2.01. The molecule has 18 heavy (non-hydrogen) atoms. The number of para-hydroxylation sites is 2. The van der Waals surface area contributed by atoms with Gasteiger partial charge in [0, 0.05) is 5.56 Å². The second-order valence-electron chi connectivity index (χ2n) is 3.61. The Bertz CT molecular complexity index is 618. The zero-order chi connectivity index (χ0) is 12.8. The molecular weight excluding hydrogens is 220 g/mol. The summed E-state index contributed by atoms with van der Waals surface area (Å²) in [5, 5.41) is 0. The molecule has 0 spiro atoms. The maximum absolute atomic E-state index is 4.58. The van der Waals surface area contributed by atoms with Crippen LogP contribution in [0.5, 0.6) is 0 Å². The third-order valence-electron chi connectivity index (χ3n) is 2.52. The Morgan fingerprint density at radius 3 is 2.06 bits per heavy atom. The molecule has 0 saturated carbocycles. The van der Waals surface area contributed by atoms with Crippen LogP contribution in [0.15, 0.2) is 60.8 Å². The number of rotatable bonds is 1. The third kappa shape index (κ3) is 2.54. The number of benzene rings is 2. The SMILES string of the molecule is CC.c1ccc(-c2cnc3ccccc3n2)cc1. The minimum absolute atomic E-state index is 0.916. The molecule has 1 aromatic heterocycles. The molecular formula is C16H16N2. The highest BCUT2D eigenvalue weighted by molar-refractivity contribution is 5.76. The van der Waals surface area contributed by atoms with E-state index in [9.17, 15) is 0 Å². The Hall–Kier alpha value is -2.22. The van der Waals surface area contributed by atoms with E-state index in [-0.39, 0.29) is 0 Å². The van der Waals surface area contributed by atoms with Crippen LogP contribution >= 0.6 is 0 Å². The van der Waals surface area contributed by atoms with Gasteiger partial charge in [0.15, 0.2) is 0 Å². The number of aromatic nitrogens is 2. The van der Waals surface area contributed by atoms with Gasteiger partial charge in [-0.25, -0.2) is 4.98 Å². The summed E-state index contributed by atoms with van der Waals surface area (Å²) in [5.74, 6) is 0. The van der Waals surface area contributed by atoms with Crippen LogP contribution in [-0.2, 0) is 0 Å². The lowest BCUT2D eigenvalue weighted by molar-refractivity contribution is 1.29. The summed E-state index contributed by atoms with van der Waals surface area (Å²) in [4.78, 5) is 8.98. The van der Waals surface area contributed by atoms with Gasteiger partial charge >= 0.3 is 0 Å². The maximum atomic E-state index is 4.58. The van der Waals surface area contributed by atoms with E-state index in [2.05, 4.69) is 9.97 Å². The summed E-state index contributed by atoms with van der Waals surface area (Å²) in [6.45, 7) is 4.00. The maximum Gasteiger partial charge on any atom is 0.0894 e. The van der Waals surface area contributed by atoms with Crippen LogP contribution in [0.3, 0.4) is 0 Å². The summed E-state index contributed by atoms with van der Waals surface area (Å²) in [7, 11) is 0. The summed E-state index contributed by atoms with van der Waals surface area (Å²) >= 11 is 0. The lowest BCUT2D eigenvalue weighted by atomic mass is 10.1. The first-order valence-corrected chi connectivity index (χ1v) is 6.21. The Kier molecular flexibility index (Phi) is 4.02. The minimum Gasteiger partial charge on any atom is -0.252 e. The Morgan fingerprint density at radius 1 is 0.722 bits per heavy atom. The Balaban J connectivity index is 0.000000574. The molecule has 0 amide bonds. The monoisotopic (exact) mass is 236 g/mol. The molecule has 1 heterocycles. The first-order chi connectivity index (χ1) is 8.93. The van der Waals surface area contributed by atoms with Crippen molar-refractivity contribution in [2.45, 2.75) is 13.8 Å². The molecule has 0 fully saturated rings. The summed E-state index contributed by atoms with van der Waals surface area (Å²) in [6.07, 6.45) is 1.82. The highest BCUT2D eigenvalue weighted by atomic mass is 14.8. The molecule has 0 unspecified atom stereocenters. The number of nitrogens with zero attached hydrogens (tertiary/aromatic N) is 2. The standard InChI is InChI=1S/C14H10N2.C2H6/c1-2-6-11(7-3-1)14-10-15-12-8-4-5-9-13(12)16-14;1-2/h1-10H;1-2H3. The van der Waals surface area contributed by atoms with E-state index in [1.807, 2.05) is 74.6 Å². The van der Waals surface area contributed by atoms with Crippen LogP contribution in [0.4, 0.5) is 0 Å². The number of hydrogen-bond donors (Lipinski definition) is 0. The van der Waals surface area contributed by atoms with Crippen LogP contribution in [0, 0.1) is 0 Å². The summed E-state index contributed by atoms with van der Waals surface area (Å²) < 4.78 is 0. The molecule has 2 nitrogen and oxygen atoms in total. The molecule has 0 atom stereocenters. The van der Waals surface area contributed by atoms with E-state index >= 15 is 0 Å². The van der Waals surface area contributed by atoms with E-state index in [1.165, 1.54) is 0 Å². The fourth-order valence-electron chi connectivity index (χ4n) is 1.71. The predicted molar refractivity (Wildman–Crippen MR) is 76.3 cm³/mol. The van der Waals surface area contributed by atoms with Gasteiger partial charge in [-0.2, -0.15) is 0 Å². The second-order valence-corrected chi connectivity index (χ2v) is 3.61. The van der Waals surface area contributed by atoms with Gasteiger partial charge in [-0.3, -0.25) is 4.98 Å². The molecule has 2 heteroatoms. The average molecular weight is 236 g/mol. The van der Waals surface area contributed by atoms with Crippen LogP contribution < -0.4 is 0 Å². The summed E-state index contributed by atoms with van der Waals surface area (Å²) in [5.41, 5.74) is 3.88. The van der Waals surface area contributed by atoms with E-state index in [4.69, 9.17) is 0 Å². The largest absolute Gasteiger partial charge is 0.252 e. The van der Waals surface area contributed by atoms with Crippen molar-refractivity contribution in [3.8, 4) is 11.3 Å². The smallest absolute Gasteiger partial charge is 0.0894 e. The Morgan fingerprint density at radius 2 is 1.33 bits per heavy atom. The van der Waals surface area contributed by atoms with Crippen molar-refractivity contribution in [3.05, 3.63) is 60.8 Å². The van der Waals surface area contributed by atoms with E-state index in [0.717, 1.165) is 22.3 Å². The zero-order valence-electron chi connectivity index (χ0n) is 10.7. The summed E-state index contributed by atoms with van der Waals surface area (Å²) in [6, 6.07) is 18.0. The first kappa shape index (κ1) is 12.2. The molecule has 2 aromatic carbocycles. The molecule has 0 saturated heterocycles. The fraction of sp³-hybridized carbons (Fsp3) is 0.125. The molecule has 0 N–H and O–H groups in total. The van der Waals surface area contributed by atoms with Gasteiger partial charge in [-0.15, -0.1) is 0 Å². The van der Waals surface area contributed by atoms with Crippen molar-refractivity contribution >= 4 is 11.0 Å². The molecule has 0 aliphatic carbocycles. The lowest BCUT2D eigenvalue weighted by Crippen LogP contribution is -1.87. The topological polar surface area (TPSA) is 25.8 Å². The number of hydrogen-bond acceptors (Lipinski definition) is 2. The molecule has 90 valence electrons. The van der Waals surface area contributed by atoms with Crippen molar-refractivity contribution in [2.24, 2.45) is 0 Å². The van der Waals surface area contributed by atoms with E-state index in [1.54, 1.807) is 0 Å². The number of fused-ring (bicyclic) bond motifs is 1. The van der Waals surface area contributed by atoms with Gasteiger partial charge in [0.1, 0.15) is 0 Å². The third-order valence-corrected chi connectivity index (χ3v) is 2.52.